The summed E-state index contributed by atoms with van der Waals surface area (Å²) >= 11 is 0. The predicted octanol–water partition coefficient (Wildman–Crippen LogP) is 4.52. The monoisotopic (exact) mass is 615 g/mol. The summed E-state index contributed by atoms with van der Waals surface area (Å²) in [6.07, 6.45) is 4.71. The van der Waals surface area contributed by atoms with Gasteiger partial charge in [0.2, 0.25) is 5.91 Å². The molecule has 6 rings (SSSR count). The summed E-state index contributed by atoms with van der Waals surface area (Å²) in [7, 11) is 1.58. The van der Waals surface area contributed by atoms with Crippen LogP contribution in [0.1, 0.15) is 64.5 Å². The molecule has 3 fully saturated rings. The maximum atomic E-state index is 13.6. The van der Waals surface area contributed by atoms with Crippen molar-refractivity contribution in [1.82, 2.24) is 19.6 Å². The minimum atomic E-state index is -0.845. The van der Waals surface area contributed by atoms with E-state index in [-0.39, 0.29) is 42.4 Å². The van der Waals surface area contributed by atoms with Crippen molar-refractivity contribution in [2.24, 2.45) is 5.41 Å². The number of piperidine rings is 2. The Bertz CT molecular complexity index is 1670. The van der Waals surface area contributed by atoms with Crippen molar-refractivity contribution in [3.05, 3.63) is 64.6 Å². The van der Waals surface area contributed by atoms with Gasteiger partial charge in [0.15, 0.2) is 0 Å². The van der Waals surface area contributed by atoms with Crippen LogP contribution in [0.25, 0.3) is 10.8 Å². The first-order valence-corrected chi connectivity index (χ1v) is 15.7. The lowest BCUT2D eigenvalue weighted by Crippen LogP contribution is -2.47. The third-order valence-corrected chi connectivity index (χ3v) is 9.35. The number of aromatic nitrogens is 2. The highest BCUT2D eigenvalue weighted by Crippen LogP contribution is 2.42. The first-order chi connectivity index (χ1) is 21.4. The maximum absolute atomic E-state index is 13.6. The van der Waals surface area contributed by atoms with E-state index in [1.165, 1.54) is 9.58 Å². The van der Waals surface area contributed by atoms with Gasteiger partial charge in [-0.25, -0.2) is 9.48 Å². The van der Waals surface area contributed by atoms with E-state index in [0.29, 0.717) is 16.5 Å². The van der Waals surface area contributed by atoms with Crippen LogP contribution < -0.4 is 15.2 Å². The molecule has 0 radical (unpaired) electrons. The molecule has 1 atom stereocenters. The number of ether oxygens (including phenoxy) is 2. The number of carbonyl (C=O) groups excluding carboxylic acids is 3. The third kappa shape index (κ3) is 6.25. The van der Waals surface area contributed by atoms with Crippen LogP contribution in [0.5, 0.6) is 5.75 Å². The van der Waals surface area contributed by atoms with Gasteiger partial charge in [-0.15, -0.1) is 0 Å². The Morgan fingerprint density at radius 2 is 1.71 bits per heavy atom. The van der Waals surface area contributed by atoms with Crippen molar-refractivity contribution in [2.75, 3.05) is 38.2 Å². The number of imide groups is 1. The van der Waals surface area contributed by atoms with E-state index < -0.39 is 17.6 Å². The Morgan fingerprint density at radius 3 is 2.40 bits per heavy atom. The number of likely N-dealkylation sites (tertiary alicyclic amines) is 2. The van der Waals surface area contributed by atoms with Crippen LogP contribution in [-0.2, 0) is 20.9 Å². The fourth-order valence-corrected chi connectivity index (χ4v) is 6.76. The fourth-order valence-electron chi connectivity index (χ4n) is 6.76. The molecule has 11 nitrogen and oxygen atoms in total. The molecule has 238 valence electrons. The summed E-state index contributed by atoms with van der Waals surface area (Å²) in [6, 6.07) is 12.1. The zero-order valence-electron chi connectivity index (χ0n) is 26.5. The van der Waals surface area contributed by atoms with Crippen molar-refractivity contribution in [1.29, 1.82) is 0 Å². The first kappa shape index (κ1) is 30.6. The third-order valence-electron chi connectivity index (χ3n) is 9.35. The summed E-state index contributed by atoms with van der Waals surface area (Å²) in [5.41, 5.74) is 1.06. The number of anilines is 1. The molecule has 45 heavy (non-hydrogen) atoms. The number of amides is 3. The molecule has 0 bridgehead atoms. The Labute approximate surface area is 262 Å². The van der Waals surface area contributed by atoms with Crippen LogP contribution in [-0.4, -0.2) is 76.4 Å². The van der Waals surface area contributed by atoms with E-state index in [0.717, 1.165) is 56.7 Å². The highest BCUT2D eigenvalue weighted by Gasteiger charge is 2.43. The van der Waals surface area contributed by atoms with E-state index in [1.54, 1.807) is 25.4 Å². The molecule has 0 N–H and O–H groups in total. The van der Waals surface area contributed by atoms with Gasteiger partial charge in [-0.05, 0) is 87.8 Å². The van der Waals surface area contributed by atoms with Gasteiger partial charge < -0.3 is 19.3 Å². The second-order valence-corrected chi connectivity index (χ2v) is 13.5. The second-order valence-electron chi connectivity index (χ2n) is 13.5. The zero-order valence-corrected chi connectivity index (χ0v) is 26.5. The molecule has 11 heteroatoms. The SMILES string of the molecule is COc1ccc(CN2C(=O)CCC(n3ncc4cc(N5CCC6(CCN(C(=O)OC(C)(C)C)C6)CC5)ccc4c3=O)C2=O)cc1. The lowest BCUT2D eigenvalue weighted by atomic mass is 9.77. The molecule has 0 saturated carbocycles. The van der Waals surface area contributed by atoms with Crippen molar-refractivity contribution >= 4 is 34.4 Å². The van der Waals surface area contributed by atoms with Crippen molar-refractivity contribution in [3.8, 4) is 5.75 Å². The molecule has 3 aliphatic heterocycles. The van der Waals surface area contributed by atoms with E-state index in [2.05, 4.69) is 10.00 Å². The molecule has 3 amide bonds. The van der Waals surface area contributed by atoms with Gasteiger partial charge in [-0.1, -0.05) is 12.1 Å². The summed E-state index contributed by atoms with van der Waals surface area (Å²) in [5.74, 6) is 0.00342. The summed E-state index contributed by atoms with van der Waals surface area (Å²) in [6.45, 7) is 8.94. The smallest absolute Gasteiger partial charge is 0.410 e. The quantitative estimate of drug-likeness (QED) is 0.385. The molecular formula is C34H41N5O6. The average molecular weight is 616 g/mol. The van der Waals surface area contributed by atoms with E-state index in [4.69, 9.17) is 9.47 Å². The van der Waals surface area contributed by atoms with Crippen LogP contribution in [0.4, 0.5) is 10.5 Å². The number of carbonyl (C=O) groups is 3. The standard InChI is InChI=1S/C34H41N5O6/c1-33(2,3)45-32(43)37-18-15-34(22-37)13-16-36(17-14-34)25-7-10-27-24(19-25)20-35-39(30(27)41)28-11-12-29(40)38(31(28)42)21-23-5-8-26(44-4)9-6-23/h5-10,19-20,28H,11-18,21-22H2,1-4H3. The predicted molar refractivity (Wildman–Crippen MR) is 169 cm³/mol. The number of hydrogen-bond donors (Lipinski definition) is 0. The van der Waals surface area contributed by atoms with Gasteiger partial charge in [0.25, 0.3) is 11.5 Å². The molecule has 1 aromatic heterocycles. The van der Waals surface area contributed by atoms with Crippen LogP contribution in [0.3, 0.4) is 0 Å². The number of hydrogen-bond acceptors (Lipinski definition) is 8. The summed E-state index contributed by atoms with van der Waals surface area (Å²) in [5, 5.41) is 5.62. The Hall–Kier alpha value is -4.41. The van der Waals surface area contributed by atoms with Crippen LogP contribution in [0, 0.1) is 5.41 Å². The largest absolute Gasteiger partial charge is 0.497 e. The molecule has 1 unspecified atom stereocenters. The van der Waals surface area contributed by atoms with Gasteiger partial charge in [0.05, 0.1) is 25.2 Å². The zero-order chi connectivity index (χ0) is 31.9. The number of fused-ring (bicyclic) bond motifs is 1. The molecule has 0 aliphatic carbocycles. The lowest BCUT2D eigenvalue weighted by molar-refractivity contribution is -0.152. The van der Waals surface area contributed by atoms with E-state index >= 15 is 0 Å². The summed E-state index contributed by atoms with van der Waals surface area (Å²) in [4.78, 5) is 57.8. The Morgan fingerprint density at radius 1 is 1.00 bits per heavy atom. The normalized spacial score (nSPS) is 20.3. The van der Waals surface area contributed by atoms with E-state index in [1.807, 2.05) is 56.0 Å². The summed E-state index contributed by atoms with van der Waals surface area (Å²) < 4.78 is 12.0. The molecule has 3 saturated heterocycles. The van der Waals surface area contributed by atoms with Crippen LogP contribution in [0.2, 0.25) is 0 Å². The highest BCUT2D eigenvalue weighted by atomic mass is 16.6. The topological polar surface area (TPSA) is 114 Å². The molecule has 3 aromatic rings. The minimum absolute atomic E-state index is 0.106. The molecule has 2 aromatic carbocycles. The molecule has 1 spiro atoms. The average Bonchev–Trinajstić information content (AvgIpc) is 3.43. The van der Waals surface area contributed by atoms with Crippen LogP contribution in [0.15, 0.2) is 53.5 Å². The van der Waals surface area contributed by atoms with Gasteiger partial charge in [0, 0.05) is 43.7 Å². The van der Waals surface area contributed by atoms with Gasteiger partial charge in [-0.3, -0.25) is 19.3 Å². The highest BCUT2D eigenvalue weighted by molar-refractivity contribution is 5.99. The number of methoxy groups -OCH3 is 1. The van der Waals surface area contributed by atoms with Crippen molar-refractivity contribution < 1.29 is 23.9 Å². The molecule has 3 aliphatic rings. The van der Waals surface area contributed by atoms with Gasteiger partial charge in [0.1, 0.15) is 17.4 Å². The van der Waals surface area contributed by atoms with Crippen LogP contribution >= 0.6 is 0 Å². The maximum Gasteiger partial charge on any atom is 0.410 e. The van der Waals surface area contributed by atoms with E-state index in [9.17, 15) is 19.2 Å². The fraction of sp³-hybridized carbons (Fsp3) is 0.500. The number of benzene rings is 2. The minimum Gasteiger partial charge on any atom is -0.497 e. The number of rotatable bonds is 5. The molecule has 4 heterocycles. The van der Waals surface area contributed by atoms with Gasteiger partial charge in [-0.2, -0.15) is 5.10 Å². The number of nitrogens with zero attached hydrogens (tertiary/aromatic N) is 5. The van der Waals surface area contributed by atoms with Crippen molar-refractivity contribution in [3.63, 3.8) is 0 Å². The first-order valence-electron chi connectivity index (χ1n) is 15.7. The molecular weight excluding hydrogens is 574 g/mol. The second kappa shape index (κ2) is 11.8. The lowest BCUT2D eigenvalue weighted by Gasteiger charge is -2.40. The Kier molecular flexibility index (Phi) is 8.05. The Balaban J connectivity index is 1.13. The van der Waals surface area contributed by atoms with Crippen molar-refractivity contribution in [2.45, 2.75) is 71.1 Å². The van der Waals surface area contributed by atoms with Gasteiger partial charge >= 0.3 is 6.09 Å².